The molecule has 1 saturated carbocycles. The lowest BCUT2D eigenvalue weighted by molar-refractivity contribution is -0.132. The molecule has 0 unspecified atom stereocenters. The van der Waals surface area contributed by atoms with Crippen molar-refractivity contribution < 1.29 is 4.79 Å². The summed E-state index contributed by atoms with van der Waals surface area (Å²) in [4.78, 5) is 14.4. The molecule has 0 aliphatic heterocycles. The predicted molar refractivity (Wildman–Crippen MR) is 87.1 cm³/mol. The normalized spacial score (nSPS) is 15.2. The van der Waals surface area contributed by atoms with E-state index in [4.69, 9.17) is 6.42 Å². The standard InChI is InChI=1S/C18H24N2O/c1-3-15-9-8-10-16(13-15)19-14-18(21)20(4-2)17-11-6-5-7-12-17/h1,8-10,13,17,19H,4-7,11-12,14H2,2H3. The van der Waals surface area contributed by atoms with Crippen LogP contribution in [0.1, 0.15) is 44.6 Å². The highest BCUT2D eigenvalue weighted by atomic mass is 16.2. The number of hydrogen-bond donors (Lipinski definition) is 1. The van der Waals surface area contributed by atoms with Gasteiger partial charge in [0, 0.05) is 23.8 Å². The highest BCUT2D eigenvalue weighted by Gasteiger charge is 2.23. The fraction of sp³-hybridized carbons (Fsp3) is 0.500. The first kappa shape index (κ1) is 15.4. The molecule has 1 fully saturated rings. The highest BCUT2D eigenvalue weighted by Crippen LogP contribution is 2.22. The van der Waals surface area contributed by atoms with Crippen LogP contribution in [0.4, 0.5) is 5.69 Å². The monoisotopic (exact) mass is 284 g/mol. The maximum absolute atomic E-state index is 12.4. The van der Waals surface area contributed by atoms with Crippen molar-refractivity contribution in [3.63, 3.8) is 0 Å². The van der Waals surface area contributed by atoms with E-state index in [9.17, 15) is 4.79 Å². The van der Waals surface area contributed by atoms with Crippen LogP contribution in [0.3, 0.4) is 0 Å². The van der Waals surface area contributed by atoms with Crippen molar-refractivity contribution in [2.75, 3.05) is 18.4 Å². The van der Waals surface area contributed by atoms with Gasteiger partial charge in [-0.25, -0.2) is 0 Å². The molecule has 0 heterocycles. The number of carbonyl (C=O) groups excluding carboxylic acids is 1. The molecule has 0 atom stereocenters. The zero-order chi connectivity index (χ0) is 15.1. The number of anilines is 1. The maximum Gasteiger partial charge on any atom is 0.242 e. The Morgan fingerprint density at radius 2 is 2.14 bits per heavy atom. The Morgan fingerprint density at radius 1 is 1.38 bits per heavy atom. The highest BCUT2D eigenvalue weighted by molar-refractivity contribution is 5.81. The zero-order valence-electron chi connectivity index (χ0n) is 12.8. The number of terminal acetylenes is 1. The first-order chi connectivity index (χ1) is 10.2. The molecule has 3 nitrogen and oxygen atoms in total. The van der Waals surface area contributed by atoms with E-state index in [0.717, 1.165) is 30.6 Å². The number of hydrogen-bond acceptors (Lipinski definition) is 2. The number of carbonyl (C=O) groups is 1. The van der Waals surface area contributed by atoms with E-state index in [2.05, 4.69) is 18.2 Å². The van der Waals surface area contributed by atoms with Crippen LogP contribution in [-0.2, 0) is 4.79 Å². The molecule has 0 saturated heterocycles. The van der Waals surface area contributed by atoms with Crippen LogP contribution in [0.2, 0.25) is 0 Å². The van der Waals surface area contributed by atoms with E-state index in [1.165, 1.54) is 19.3 Å². The van der Waals surface area contributed by atoms with Crippen LogP contribution < -0.4 is 5.32 Å². The molecule has 112 valence electrons. The Bertz CT molecular complexity index is 512. The van der Waals surface area contributed by atoms with Crippen molar-refractivity contribution in [2.45, 2.75) is 45.1 Å². The molecule has 1 aromatic rings. The van der Waals surface area contributed by atoms with Gasteiger partial charge in [-0.3, -0.25) is 4.79 Å². The Balaban J connectivity index is 1.91. The summed E-state index contributed by atoms with van der Waals surface area (Å²) in [5.74, 6) is 2.78. The van der Waals surface area contributed by atoms with Gasteiger partial charge in [-0.2, -0.15) is 0 Å². The maximum atomic E-state index is 12.4. The van der Waals surface area contributed by atoms with Gasteiger partial charge in [0.1, 0.15) is 0 Å². The average Bonchev–Trinajstić information content (AvgIpc) is 2.55. The molecule has 0 bridgehead atoms. The molecule has 1 aliphatic rings. The van der Waals surface area contributed by atoms with Gasteiger partial charge in [0.05, 0.1) is 6.54 Å². The summed E-state index contributed by atoms with van der Waals surface area (Å²) in [7, 11) is 0. The van der Waals surface area contributed by atoms with E-state index in [1.54, 1.807) is 0 Å². The van der Waals surface area contributed by atoms with Gasteiger partial charge in [-0.15, -0.1) is 6.42 Å². The SMILES string of the molecule is C#Cc1cccc(NCC(=O)N(CC)C2CCCCC2)c1. The van der Waals surface area contributed by atoms with Crippen molar-refractivity contribution in [1.29, 1.82) is 0 Å². The van der Waals surface area contributed by atoms with Crippen molar-refractivity contribution in [3.8, 4) is 12.3 Å². The summed E-state index contributed by atoms with van der Waals surface area (Å²) in [6, 6.07) is 8.04. The van der Waals surface area contributed by atoms with Gasteiger partial charge in [-0.1, -0.05) is 31.2 Å². The summed E-state index contributed by atoms with van der Waals surface area (Å²) < 4.78 is 0. The van der Waals surface area contributed by atoms with Gasteiger partial charge in [0.15, 0.2) is 0 Å². The zero-order valence-corrected chi connectivity index (χ0v) is 12.8. The third kappa shape index (κ3) is 4.26. The summed E-state index contributed by atoms with van der Waals surface area (Å²) in [5.41, 5.74) is 1.73. The fourth-order valence-corrected chi connectivity index (χ4v) is 3.03. The molecule has 21 heavy (non-hydrogen) atoms. The van der Waals surface area contributed by atoms with Crippen LogP contribution >= 0.6 is 0 Å². The van der Waals surface area contributed by atoms with Crippen LogP contribution in [0.15, 0.2) is 24.3 Å². The number of benzene rings is 1. The average molecular weight is 284 g/mol. The van der Waals surface area contributed by atoms with Gasteiger partial charge in [0.25, 0.3) is 0 Å². The Morgan fingerprint density at radius 3 is 2.81 bits per heavy atom. The Hall–Kier alpha value is -1.95. The van der Waals surface area contributed by atoms with Crippen molar-refractivity contribution in [2.24, 2.45) is 0 Å². The lowest BCUT2D eigenvalue weighted by Gasteiger charge is -2.33. The molecule has 0 spiro atoms. The summed E-state index contributed by atoms with van der Waals surface area (Å²) in [5, 5.41) is 3.19. The Kier molecular flexibility index (Phi) is 5.68. The largest absolute Gasteiger partial charge is 0.376 e. The topological polar surface area (TPSA) is 32.3 Å². The van der Waals surface area contributed by atoms with Crippen molar-refractivity contribution in [1.82, 2.24) is 4.90 Å². The second kappa shape index (κ2) is 7.73. The van der Waals surface area contributed by atoms with E-state index in [1.807, 2.05) is 29.2 Å². The van der Waals surface area contributed by atoms with Crippen LogP contribution in [0.5, 0.6) is 0 Å². The number of amides is 1. The van der Waals surface area contributed by atoms with E-state index in [0.29, 0.717) is 12.6 Å². The molecule has 1 aromatic carbocycles. The Labute approximate surface area is 127 Å². The van der Waals surface area contributed by atoms with Crippen LogP contribution in [0, 0.1) is 12.3 Å². The van der Waals surface area contributed by atoms with Gasteiger partial charge >= 0.3 is 0 Å². The van der Waals surface area contributed by atoms with Gasteiger partial charge in [0.2, 0.25) is 5.91 Å². The number of likely N-dealkylation sites (N-methyl/N-ethyl adjacent to an activating group) is 1. The third-order valence-electron chi connectivity index (χ3n) is 4.15. The second-order valence-corrected chi connectivity index (χ2v) is 5.55. The molecule has 1 amide bonds. The minimum Gasteiger partial charge on any atom is -0.376 e. The van der Waals surface area contributed by atoms with Gasteiger partial charge in [-0.05, 0) is 38.0 Å². The van der Waals surface area contributed by atoms with Crippen molar-refractivity contribution in [3.05, 3.63) is 29.8 Å². The van der Waals surface area contributed by atoms with Crippen molar-refractivity contribution >= 4 is 11.6 Å². The molecule has 1 N–H and O–H groups in total. The number of rotatable bonds is 5. The first-order valence-corrected chi connectivity index (χ1v) is 7.84. The molecule has 3 heteroatoms. The quantitative estimate of drug-likeness (QED) is 0.842. The molecule has 1 aliphatic carbocycles. The molecule has 0 aromatic heterocycles. The number of nitrogens with zero attached hydrogens (tertiary/aromatic N) is 1. The summed E-state index contributed by atoms with van der Waals surface area (Å²) >= 11 is 0. The summed E-state index contributed by atoms with van der Waals surface area (Å²) in [6.45, 7) is 3.18. The van der Waals surface area contributed by atoms with E-state index < -0.39 is 0 Å². The summed E-state index contributed by atoms with van der Waals surface area (Å²) in [6.07, 6.45) is 11.5. The minimum absolute atomic E-state index is 0.176. The molecule has 2 rings (SSSR count). The van der Waals surface area contributed by atoms with E-state index in [-0.39, 0.29) is 5.91 Å². The van der Waals surface area contributed by atoms with Crippen LogP contribution in [-0.4, -0.2) is 29.9 Å². The third-order valence-corrected chi connectivity index (χ3v) is 4.15. The fourth-order valence-electron chi connectivity index (χ4n) is 3.03. The lowest BCUT2D eigenvalue weighted by Crippen LogP contribution is -2.43. The molecule has 0 radical (unpaired) electrons. The van der Waals surface area contributed by atoms with Gasteiger partial charge < -0.3 is 10.2 Å². The first-order valence-electron chi connectivity index (χ1n) is 7.84. The van der Waals surface area contributed by atoms with Crippen LogP contribution in [0.25, 0.3) is 0 Å². The molecular formula is C18H24N2O. The number of nitrogens with one attached hydrogen (secondary N) is 1. The smallest absolute Gasteiger partial charge is 0.242 e. The second-order valence-electron chi connectivity index (χ2n) is 5.55. The predicted octanol–water partition coefficient (Wildman–Crippen LogP) is 3.26. The minimum atomic E-state index is 0.176. The lowest BCUT2D eigenvalue weighted by atomic mass is 9.94. The van der Waals surface area contributed by atoms with E-state index >= 15 is 0 Å². The molecular weight excluding hydrogens is 260 g/mol.